The average molecular weight is 394 g/mol. The molecule has 0 amide bonds. The first kappa shape index (κ1) is 20.9. The number of hydrogen-bond donors (Lipinski definition) is 2. The van der Waals surface area contributed by atoms with Gasteiger partial charge in [-0.05, 0) is 24.3 Å². The van der Waals surface area contributed by atoms with Crippen LogP contribution in [0.1, 0.15) is 10.4 Å². The minimum atomic E-state index is -1.20. The smallest absolute Gasteiger partial charge is 0.339 e. The summed E-state index contributed by atoms with van der Waals surface area (Å²) < 4.78 is 28.1. The predicted octanol–water partition coefficient (Wildman–Crippen LogP) is 2.31. The van der Waals surface area contributed by atoms with Crippen molar-refractivity contribution in [3.8, 4) is 11.5 Å². The van der Waals surface area contributed by atoms with Gasteiger partial charge >= 0.3 is 5.97 Å². The Kier molecular flexibility index (Phi) is 8.76. The van der Waals surface area contributed by atoms with E-state index in [0.29, 0.717) is 37.9 Å². The van der Waals surface area contributed by atoms with Crippen molar-refractivity contribution < 1.29 is 33.4 Å². The van der Waals surface area contributed by atoms with Crippen LogP contribution < -0.4 is 4.74 Å². The fourth-order valence-electron chi connectivity index (χ4n) is 2.15. The number of rotatable bonds is 12. The maximum atomic E-state index is 12.0. The van der Waals surface area contributed by atoms with Gasteiger partial charge in [0.05, 0.1) is 43.0 Å². The summed E-state index contributed by atoms with van der Waals surface area (Å²) in [6.07, 6.45) is 0. The van der Waals surface area contributed by atoms with E-state index in [4.69, 9.17) is 19.3 Å². The van der Waals surface area contributed by atoms with Crippen LogP contribution in [0.3, 0.4) is 0 Å². The molecule has 2 aromatic carbocycles. The Morgan fingerprint density at radius 3 is 2.26 bits per heavy atom. The van der Waals surface area contributed by atoms with Gasteiger partial charge in [-0.3, -0.25) is 4.21 Å². The number of ether oxygens (including phenoxy) is 3. The summed E-state index contributed by atoms with van der Waals surface area (Å²) in [5.41, 5.74) is -0.177. The number of hydrogen-bond acceptors (Lipinski definition) is 6. The lowest BCUT2D eigenvalue weighted by Crippen LogP contribution is -2.13. The minimum absolute atomic E-state index is 0.177. The van der Waals surface area contributed by atoms with E-state index >= 15 is 0 Å². The standard InChI is InChI=1S/C19H22O7S/c20-18-14-15(6-7-17(18)19(21)22)26-11-10-24-8-9-25-12-13-27(23)16-4-2-1-3-5-16/h1-7,14,20H,8-13H2,(H,21,22). The molecule has 0 fully saturated rings. The van der Waals surface area contributed by atoms with Crippen LogP contribution in [0, 0.1) is 0 Å². The van der Waals surface area contributed by atoms with Gasteiger partial charge in [0.15, 0.2) is 0 Å². The average Bonchev–Trinajstić information content (AvgIpc) is 2.67. The molecule has 8 heteroatoms. The third-order valence-electron chi connectivity index (χ3n) is 3.49. The number of aromatic hydroxyl groups is 1. The third kappa shape index (κ3) is 7.38. The van der Waals surface area contributed by atoms with Gasteiger partial charge in [0.25, 0.3) is 0 Å². The molecule has 0 aliphatic heterocycles. The molecule has 27 heavy (non-hydrogen) atoms. The Labute approximate surface area is 160 Å². The molecule has 2 N–H and O–H groups in total. The zero-order valence-corrected chi connectivity index (χ0v) is 15.5. The van der Waals surface area contributed by atoms with Crippen molar-refractivity contribution in [3.63, 3.8) is 0 Å². The molecule has 0 radical (unpaired) electrons. The molecule has 0 aliphatic rings. The zero-order chi connectivity index (χ0) is 19.5. The van der Waals surface area contributed by atoms with E-state index in [1.54, 1.807) is 0 Å². The van der Waals surface area contributed by atoms with Crippen LogP contribution in [0.25, 0.3) is 0 Å². The van der Waals surface area contributed by atoms with Crippen molar-refractivity contribution in [1.29, 1.82) is 0 Å². The van der Waals surface area contributed by atoms with Gasteiger partial charge in [0.1, 0.15) is 23.7 Å². The molecule has 1 unspecified atom stereocenters. The molecule has 0 aliphatic carbocycles. The highest BCUT2D eigenvalue weighted by molar-refractivity contribution is 7.85. The predicted molar refractivity (Wildman–Crippen MR) is 99.9 cm³/mol. The van der Waals surface area contributed by atoms with Crippen molar-refractivity contribution >= 4 is 16.8 Å². The molecule has 0 bridgehead atoms. The second kappa shape index (κ2) is 11.3. The maximum absolute atomic E-state index is 12.0. The highest BCUT2D eigenvalue weighted by atomic mass is 32.2. The van der Waals surface area contributed by atoms with Crippen LogP contribution in [0.5, 0.6) is 11.5 Å². The Morgan fingerprint density at radius 1 is 0.926 bits per heavy atom. The molecule has 0 saturated carbocycles. The molecular weight excluding hydrogens is 372 g/mol. The summed E-state index contributed by atoms with van der Waals surface area (Å²) in [5, 5.41) is 18.4. The summed E-state index contributed by atoms with van der Waals surface area (Å²) in [5.74, 6) is -0.749. The van der Waals surface area contributed by atoms with Gasteiger partial charge in [0.2, 0.25) is 0 Å². The maximum Gasteiger partial charge on any atom is 0.339 e. The summed E-state index contributed by atoms with van der Waals surface area (Å²) in [6.45, 7) is 1.73. The summed E-state index contributed by atoms with van der Waals surface area (Å²) in [7, 11) is -1.06. The molecule has 1 atom stereocenters. The van der Waals surface area contributed by atoms with E-state index in [0.717, 1.165) is 4.90 Å². The quantitative estimate of drug-likeness (QED) is 0.533. The molecule has 146 valence electrons. The van der Waals surface area contributed by atoms with Gasteiger partial charge in [0, 0.05) is 11.0 Å². The number of aromatic carboxylic acids is 1. The van der Waals surface area contributed by atoms with Crippen molar-refractivity contribution in [2.75, 3.05) is 38.8 Å². The Bertz CT molecular complexity index is 749. The van der Waals surface area contributed by atoms with E-state index < -0.39 is 16.8 Å². The largest absolute Gasteiger partial charge is 0.507 e. The Balaban J connectivity index is 1.51. The highest BCUT2D eigenvalue weighted by Gasteiger charge is 2.10. The third-order valence-corrected chi connectivity index (χ3v) is 4.82. The lowest BCUT2D eigenvalue weighted by Gasteiger charge is -2.09. The molecule has 7 nitrogen and oxygen atoms in total. The topological polar surface area (TPSA) is 102 Å². The Hall–Kier alpha value is -2.42. The number of carboxylic acid groups (broad SMARTS) is 1. The van der Waals surface area contributed by atoms with Crippen molar-refractivity contribution in [1.82, 2.24) is 0 Å². The lowest BCUT2D eigenvalue weighted by atomic mass is 10.2. The van der Waals surface area contributed by atoms with Crippen molar-refractivity contribution in [2.45, 2.75) is 4.90 Å². The van der Waals surface area contributed by atoms with E-state index in [1.165, 1.54) is 18.2 Å². The van der Waals surface area contributed by atoms with Gasteiger partial charge in [-0.1, -0.05) is 18.2 Å². The van der Waals surface area contributed by atoms with E-state index in [2.05, 4.69) is 0 Å². The highest BCUT2D eigenvalue weighted by Crippen LogP contribution is 2.23. The van der Waals surface area contributed by atoms with Crippen LogP contribution in [0.2, 0.25) is 0 Å². The molecule has 0 aromatic heterocycles. The van der Waals surface area contributed by atoms with Crippen LogP contribution in [0.4, 0.5) is 0 Å². The van der Waals surface area contributed by atoms with Crippen LogP contribution in [-0.2, 0) is 20.3 Å². The summed E-state index contributed by atoms with van der Waals surface area (Å²) >= 11 is 0. The van der Waals surface area contributed by atoms with Gasteiger partial charge in [-0.25, -0.2) is 4.79 Å². The molecule has 0 spiro atoms. The van der Waals surface area contributed by atoms with E-state index in [-0.39, 0.29) is 17.9 Å². The van der Waals surface area contributed by atoms with Gasteiger partial charge < -0.3 is 24.4 Å². The van der Waals surface area contributed by atoms with Crippen molar-refractivity contribution in [3.05, 3.63) is 54.1 Å². The molecule has 2 aromatic rings. The van der Waals surface area contributed by atoms with E-state index in [9.17, 15) is 14.1 Å². The van der Waals surface area contributed by atoms with Gasteiger partial charge in [-0.2, -0.15) is 0 Å². The molecule has 0 saturated heterocycles. The Morgan fingerprint density at radius 2 is 1.59 bits per heavy atom. The lowest BCUT2D eigenvalue weighted by molar-refractivity contribution is 0.0411. The first-order chi connectivity index (χ1) is 13.1. The normalized spacial score (nSPS) is 11.9. The van der Waals surface area contributed by atoms with Crippen LogP contribution in [-0.4, -0.2) is 59.2 Å². The SMILES string of the molecule is O=C(O)c1ccc(OCCOCCOCCS(=O)c2ccccc2)cc1O. The molecule has 0 heterocycles. The first-order valence-corrected chi connectivity index (χ1v) is 9.68. The fraction of sp³-hybridized carbons (Fsp3) is 0.316. The number of carbonyl (C=O) groups is 1. The van der Waals surface area contributed by atoms with Crippen LogP contribution >= 0.6 is 0 Å². The molecular formula is C19H22O7S. The first-order valence-electron chi connectivity index (χ1n) is 8.36. The zero-order valence-electron chi connectivity index (χ0n) is 14.7. The second-order valence-electron chi connectivity index (χ2n) is 5.42. The number of benzene rings is 2. The molecule has 2 rings (SSSR count). The monoisotopic (exact) mass is 394 g/mol. The summed E-state index contributed by atoms with van der Waals surface area (Å²) in [6, 6.07) is 13.2. The number of phenols is 1. The van der Waals surface area contributed by atoms with E-state index in [1.807, 2.05) is 30.3 Å². The summed E-state index contributed by atoms with van der Waals surface area (Å²) in [4.78, 5) is 11.6. The fourth-order valence-corrected chi connectivity index (χ4v) is 3.11. The van der Waals surface area contributed by atoms with Gasteiger partial charge in [-0.15, -0.1) is 0 Å². The minimum Gasteiger partial charge on any atom is -0.507 e. The second-order valence-corrected chi connectivity index (χ2v) is 6.99. The van der Waals surface area contributed by atoms with Crippen molar-refractivity contribution in [2.24, 2.45) is 0 Å². The number of carboxylic acids is 1. The van der Waals surface area contributed by atoms with Crippen LogP contribution in [0.15, 0.2) is 53.4 Å².